The van der Waals surface area contributed by atoms with E-state index in [-0.39, 0.29) is 6.04 Å². The second kappa shape index (κ2) is 5.43. The first-order valence-electron chi connectivity index (χ1n) is 5.76. The molecule has 0 aliphatic carbocycles. The molecule has 0 spiro atoms. The molecule has 0 saturated carbocycles. The highest BCUT2D eigenvalue weighted by atomic mass is 79.9. The summed E-state index contributed by atoms with van der Waals surface area (Å²) in [6.07, 6.45) is 0. The van der Waals surface area contributed by atoms with Gasteiger partial charge in [0.05, 0.1) is 11.1 Å². The Kier molecular flexibility index (Phi) is 4.10. The fraction of sp³-hybridized carbons (Fsp3) is 0.200. The largest absolute Gasteiger partial charge is 0.320 e. The Hall–Kier alpha value is -0.830. The van der Waals surface area contributed by atoms with Crippen LogP contribution in [0.3, 0.4) is 0 Å². The molecule has 1 unspecified atom stereocenters. The lowest BCUT2D eigenvalue weighted by Gasteiger charge is -2.15. The molecule has 2 rings (SSSR count). The molecule has 0 aliphatic heterocycles. The first kappa shape index (κ1) is 13.6. The summed E-state index contributed by atoms with van der Waals surface area (Å²) in [7, 11) is 0. The summed E-state index contributed by atoms with van der Waals surface area (Å²) in [4.78, 5) is 0. The van der Waals surface area contributed by atoms with Crippen molar-refractivity contribution in [2.75, 3.05) is 0 Å². The molecule has 2 aromatic rings. The zero-order valence-corrected chi connectivity index (χ0v) is 12.7. The van der Waals surface area contributed by atoms with E-state index in [1.54, 1.807) is 0 Å². The van der Waals surface area contributed by atoms with Crippen LogP contribution in [-0.4, -0.2) is 0 Å². The van der Waals surface area contributed by atoms with Crippen molar-refractivity contribution < 1.29 is 0 Å². The summed E-state index contributed by atoms with van der Waals surface area (Å²) in [5.74, 6) is 0. The molecule has 0 radical (unpaired) electrons. The summed E-state index contributed by atoms with van der Waals surface area (Å²) in [6, 6.07) is 12.0. The van der Waals surface area contributed by atoms with E-state index in [1.807, 2.05) is 18.2 Å². The zero-order chi connectivity index (χ0) is 13.3. The SMILES string of the molecule is Cc1ccc(C(N)c2ccc(Cl)c(Br)c2)cc1C. The highest BCUT2D eigenvalue weighted by Gasteiger charge is 2.11. The average molecular weight is 325 g/mol. The Bertz CT molecular complexity index is 529. The third kappa shape index (κ3) is 2.77. The minimum atomic E-state index is -0.127. The summed E-state index contributed by atoms with van der Waals surface area (Å²) in [5, 5.41) is 0.700. The van der Waals surface area contributed by atoms with Crippen molar-refractivity contribution in [1.82, 2.24) is 0 Å². The maximum Gasteiger partial charge on any atom is 0.0552 e. The predicted molar refractivity (Wildman–Crippen MR) is 81.1 cm³/mol. The topological polar surface area (TPSA) is 26.0 Å². The van der Waals surface area contributed by atoms with Crippen molar-refractivity contribution in [2.24, 2.45) is 5.73 Å². The van der Waals surface area contributed by atoms with Crippen LogP contribution in [0.25, 0.3) is 0 Å². The van der Waals surface area contributed by atoms with E-state index >= 15 is 0 Å². The monoisotopic (exact) mass is 323 g/mol. The van der Waals surface area contributed by atoms with Gasteiger partial charge in [-0.1, -0.05) is 35.9 Å². The molecular formula is C15H15BrClN. The molecule has 0 saturated heterocycles. The minimum absolute atomic E-state index is 0.127. The minimum Gasteiger partial charge on any atom is -0.320 e. The van der Waals surface area contributed by atoms with E-state index in [0.717, 1.165) is 15.6 Å². The number of hydrogen-bond acceptors (Lipinski definition) is 1. The van der Waals surface area contributed by atoms with Gasteiger partial charge in [-0.25, -0.2) is 0 Å². The standard InChI is InChI=1S/C15H15BrClN/c1-9-3-4-11(7-10(9)2)15(18)12-5-6-14(17)13(16)8-12/h3-8,15H,18H2,1-2H3. The molecular weight excluding hydrogens is 310 g/mol. The molecule has 0 aliphatic rings. The Morgan fingerprint density at radius 3 is 2.22 bits per heavy atom. The van der Waals surface area contributed by atoms with Gasteiger partial charge >= 0.3 is 0 Å². The number of aryl methyl sites for hydroxylation is 2. The van der Waals surface area contributed by atoms with Gasteiger partial charge < -0.3 is 5.73 Å². The van der Waals surface area contributed by atoms with Crippen molar-refractivity contribution >= 4 is 27.5 Å². The Morgan fingerprint density at radius 2 is 1.61 bits per heavy atom. The molecule has 1 atom stereocenters. The van der Waals surface area contributed by atoms with Crippen molar-refractivity contribution in [3.63, 3.8) is 0 Å². The van der Waals surface area contributed by atoms with Crippen LogP contribution >= 0.6 is 27.5 Å². The molecule has 2 aromatic carbocycles. The summed E-state index contributed by atoms with van der Waals surface area (Å²) < 4.78 is 0.876. The second-order valence-corrected chi connectivity index (χ2v) is 5.76. The number of rotatable bonds is 2. The first-order valence-corrected chi connectivity index (χ1v) is 6.94. The highest BCUT2D eigenvalue weighted by molar-refractivity contribution is 9.10. The molecule has 0 fully saturated rings. The van der Waals surface area contributed by atoms with Gasteiger partial charge in [-0.05, 0) is 64.2 Å². The average Bonchev–Trinajstić information content (AvgIpc) is 2.35. The van der Waals surface area contributed by atoms with Gasteiger partial charge in [0.15, 0.2) is 0 Å². The lowest BCUT2D eigenvalue weighted by atomic mass is 9.96. The maximum absolute atomic E-state index is 6.29. The van der Waals surface area contributed by atoms with E-state index in [2.05, 4.69) is 48.0 Å². The Balaban J connectivity index is 2.37. The van der Waals surface area contributed by atoms with Crippen LogP contribution in [0.2, 0.25) is 5.02 Å². The van der Waals surface area contributed by atoms with Crippen LogP contribution < -0.4 is 5.73 Å². The van der Waals surface area contributed by atoms with Crippen LogP contribution in [0.4, 0.5) is 0 Å². The summed E-state index contributed by atoms with van der Waals surface area (Å²) >= 11 is 9.42. The van der Waals surface area contributed by atoms with Crippen LogP contribution in [0.1, 0.15) is 28.3 Å². The van der Waals surface area contributed by atoms with Crippen molar-refractivity contribution in [1.29, 1.82) is 0 Å². The molecule has 2 N–H and O–H groups in total. The van der Waals surface area contributed by atoms with Gasteiger partial charge in [0, 0.05) is 4.47 Å². The van der Waals surface area contributed by atoms with Gasteiger partial charge in [0.2, 0.25) is 0 Å². The normalized spacial score (nSPS) is 12.5. The lowest BCUT2D eigenvalue weighted by Crippen LogP contribution is -2.12. The van der Waals surface area contributed by atoms with Gasteiger partial charge in [-0.2, -0.15) is 0 Å². The fourth-order valence-electron chi connectivity index (χ4n) is 1.86. The van der Waals surface area contributed by atoms with Crippen LogP contribution in [0.5, 0.6) is 0 Å². The van der Waals surface area contributed by atoms with E-state index < -0.39 is 0 Å². The second-order valence-electron chi connectivity index (χ2n) is 4.49. The maximum atomic E-state index is 6.29. The van der Waals surface area contributed by atoms with Crippen molar-refractivity contribution in [3.8, 4) is 0 Å². The molecule has 94 valence electrons. The van der Waals surface area contributed by atoms with Gasteiger partial charge in [0.1, 0.15) is 0 Å². The quantitative estimate of drug-likeness (QED) is 0.846. The number of benzene rings is 2. The fourth-order valence-corrected chi connectivity index (χ4v) is 2.37. The highest BCUT2D eigenvalue weighted by Crippen LogP contribution is 2.28. The first-order chi connectivity index (χ1) is 8.49. The van der Waals surface area contributed by atoms with Gasteiger partial charge in [-0.3, -0.25) is 0 Å². The summed E-state index contributed by atoms with van der Waals surface area (Å²) in [5.41, 5.74) is 11.0. The van der Waals surface area contributed by atoms with E-state index in [4.69, 9.17) is 17.3 Å². The van der Waals surface area contributed by atoms with Crippen molar-refractivity contribution in [2.45, 2.75) is 19.9 Å². The smallest absolute Gasteiger partial charge is 0.0552 e. The predicted octanol–water partition coefficient (Wildman–Crippen LogP) is 4.77. The Morgan fingerprint density at radius 1 is 1.00 bits per heavy atom. The van der Waals surface area contributed by atoms with E-state index in [9.17, 15) is 0 Å². The van der Waals surface area contributed by atoms with Gasteiger partial charge in [0.25, 0.3) is 0 Å². The molecule has 1 nitrogen and oxygen atoms in total. The van der Waals surface area contributed by atoms with E-state index in [1.165, 1.54) is 11.1 Å². The number of nitrogens with two attached hydrogens (primary N) is 1. The molecule has 3 heteroatoms. The van der Waals surface area contributed by atoms with E-state index in [0.29, 0.717) is 5.02 Å². The zero-order valence-electron chi connectivity index (χ0n) is 10.4. The molecule has 0 bridgehead atoms. The molecule has 18 heavy (non-hydrogen) atoms. The van der Waals surface area contributed by atoms with Crippen LogP contribution in [0, 0.1) is 13.8 Å². The lowest BCUT2D eigenvalue weighted by molar-refractivity contribution is 0.868. The van der Waals surface area contributed by atoms with Crippen LogP contribution in [0.15, 0.2) is 40.9 Å². The van der Waals surface area contributed by atoms with Crippen molar-refractivity contribution in [3.05, 3.63) is 68.1 Å². The number of hydrogen-bond donors (Lipinski definition) is 1. The molecule has 0 heterocycles. The third-order valence-electron chi connectivity index (χ3n) is 3.19. The number of halogens is 2. The summed E-state index contributed by atoms with van der Waals surface area (Å²) in [6.45, 7) is 4.20. The third-order valence-corrected chi connectivity index (χ3v) is 4.41. The molecule has 0 aromatic heterocycles. The van der Waals surface area contributed by atoms with Crippen LogP contribution in [-0.2, 0) is 0 Å². The Labute approximate surface area is 121 Å². The molecule has 0 amide bonds. The van der Waals surface area contributed by atoms with Gasteiger partial charge in [-0.15, -0.1) is 0 Å².